The molecule has 3 rings (SSSR count). The number of benzene rings is 1. The van der Waals surface area contributed by atoms with Crippen LogP contribution in [0.25, 0.3) is 11.1 Å². The fourth-order valence-electron chi connectivity index (χ4n) is 2.37. The normalized spacial score (nSPS) is 19.7. The Hall–Kier alpha value is -2.37. The van der Waals surface area contributed by atoms with Crippen molar-refractivity contribution in [2.45, 2.75) is 25.8 Å². The molecule has 0 aliphatic carbocycles. The molecular formula is C13H12N2O4. The minimum Gasteiger partial charge on any atom is -0.408 e. The van der Waals surface area contributed by atoms with E-state index in [2.05, 4.69) is 5.32 Å². The molecule has 1 aliphatic rings. The van der Waals surface area contributed by atoms with Crippen molar-refractivity contribution in [2.24, 2.45) is 0 Å². The van der Waals surface area contributed by atoms with Gasteiger partial charge in [-0.1, -0.05) is 6.07 Å². The third-order valence-electron chi connectivity index (χ3n) is 3.29. The third kappa shape index (κ3) is 1.85. The lowest BCUT2D eigenvalue weighted by Gasteiger charge is -2.21. The summed E-state index contributed by atoms with van der Waals surface area (Å²) in [6, 6.07) is 4.66. The van der Waals surface area contributed by atoms with Crippen LogP contribution in [0.1, 0.15) is 24.4 Å². The Bertz CT molecular complexity index is 741. The van der Waals surface area contributed by atoms with Gasteiger partial charge in [0.1, 0.15) is 6.04 Å². The number of hydrogen-bond acceptors (Lipinski definition) is 4. The predicted octanol–water partition coefficient (Wildman–Crippen LogP) is 0.881. The standard InChI is InChI=1S/C13H12N2O4/c1-7-2-3-8-10(6-7)19-13(18)15(8)9-4-5-11(16)14-12(9)17/h2-3,6,9H,4-5H2,1H3,(H,14,16,17). The molecular weight excluding hydrogens is 248 g/mol. The van der Waals surface area contributed by atoms with Crippen LogP contribution in [0.5, 0.6) is 0 Å². The number of hydrogen-bond donors (Lipinski definition) is 1. The summed E-state index contributed by atoms with van der Waals surface area (Å²) in [5.74, 6) is -1.34. The lowest BCUT2D eigenvalue weighted by molar-refractivity contribution is -0.135. The zero-order valence-corrected chi connectivity index (χ0v) is 10.3. The van der Waals surface area contributed by atoms with Gasteiger partial charge in [-0.25, -0.2) is 4.79 Å². The number of carbonyl (C=O) groups excluding carboxylic acids is 2. The number of imide groups is 1. The van der Waals surface area contributed by atoms with E-state index < -0.39 is 17.7 Å². The van der Waals surface area contributed by atoms with Crippen LogP contribution < -0.4 is 11.1 Å². The number of aromatic nitrogens is 1. The number of piperidine rings is 1. The summed E-state index contributed by atoms with van der Waals surface area (Å²) >= 11 is 0. The first-order chi connectivity index (χ1) is 9.06. The van der Waals surface area contributed by atoms with E-state index in [9.17, 15) is 14.4 Å². The van der Waals surface area contributed by atoms with E-state index in [1.165, 1.54) is 4.57 Å². The van der Waals surface area contributed by atoms with Gasteiger partial charge in [0.05, 0.1) is 5.52 Å². The van der Waals surface area contributed by atoms with E-state index in [1.807, 2.05) is 13.0 Å². The highest BCUT2D eigenvalue weighted by atomic mass is 16.4. The Morgan fingerprint density at radius 2 is 2.11 bits per heavy atom. The molecule has 0 spiro atoms. The van der Waals surface area contributed by atoms with Gasteiger partial charge < -0.3 is 4.42 Å². The van der Waals surface area contributed by atoms with E-state index in [1.54, 1.807) is 12.1 Å². The molecule has 2 amide bonds. The largest absolute Gasteiger partial charge is 0.420 e. The molecule has 0 radical (unpaired) electrons. The van der Waals surface area contributed by atoms with E-state index in [4.69, 9.17) is 4.42 Å². The van der Waals surface area contributed by atoms with Crippen molar-refractivity contribution in [1.29, 1.82) is 0 Å². The molecule has 2 aromatic rings. The second-order valence-corrected chi connectivity index (χ2v) is 4.68. The number of oxazole rings is 1. The van der Waals surface area contributed by atoms with Gasteiger partial charge in [0.15, 0.2) is 5.58 Å². The molecule has 0 saturated carbocycles. The molecule has 19 heavy (non-hydrogen) atoms. The van der Waals surface area contributed by atoms with Crippen LogP contribution >= 0.6 is 0 Å². The van der Waals surface area contributed by atoms with Crippen LogP contribution in [-0.4, -0.2) is 16.4 Å². The number of fused-ring (bicyclic) bond motifs is 1. The number of nitrogens with zero attached hydrogens (tertiary/aromatic N) is 1. The second-order valence-electron chi connectivity index (χ2n) is 4.68. The van der Waals surface area contributed by atoms with Gasteiger partial charge in [0, 0.05) is 6.42 Å². The maximum absolute atomic E-state index is 11.9. The van der Waals surface area contributed by atoms with Gasteiger partial charge in [0.25, 0.3) is 0 Å². The molecule has 1 saturated heterocycles. The molecule has 1 aromatic carbocycles. The third-order valence-corrected chi connectivity index (χ3v) is 3.29. The van der Waals surface area contributed by atoms with E-state index >= 15 is 0 Å². The van der Waals surface area contributed by atoms with Gasteiger partial charge in [-0.05, 0) is 31.0 Å². The molecule has 1 aromatic heterocycles. The maximum Gasteiger partial charge on any atom is 0.420 e. The van der Waals surface area contributed by atoms with Crippen LogP contribution in [0, 0.1) is 6.92 Å². The Morgan fingerprint density at radius 3 is 2.84 bits per heavy atom. The fraction of sp³-hybridized carbons (Fsp3) is 0.308. The predicted molar refractivity (Wildman–Crippen MR) is 66.6 cm³/mol. The first kappa shape index (κ1) is 11.7. The van der Waals surface area contributed by atoms with Gasteiger partial charge >= 0.3 is 5.76 Å². The first-order valence-electron chi connectivity index (χ1n) is 6.01. The summed E-state index contributed by atoms with van der Waals surface area (Å²) in [5, 5.41) is 2.24. The zero-order chi connectivity index (χ0) is 13.6. The minimum atomic E-state index is -0.686. The quantitative estimate of drug-likeness (QED) is 0.772. The van der Waals surface area contributed by atoms with Gasteiger partial charge in [-0.3, -0.25) is 19.5 Å². The molecule has 1 N–H and O–H groups in total. The summed E-state index contributed by atoms with van der Waals surface area (Å²) < 4.78 is 6.47. The van der Waals surface area contributed by atoms with Crippen molar-refractivity contribution in [3.05, 3.63) is 34.3 Å². The fourth-order valence-corrected chi connectivity index (χ4v) is 2.37. The lowest BCUT2D eigenvalue weighted by Crippen LogP contribution is -2.43. The summed E-state index contributed by atoms with van der Waals surface area (Å²) in [4.78, 5) is 34.9. The lowest BCUT2D eigenvalue weighted by atomic mass is 10.1. The molecule has 6 nitrogen and oxygen atoms in total. The molecule has 1 atom stereocenters. The number of aryl methyl sites for hydroxylation is 1. The van der Waals surface area contributed by atoms with E-state index in [0.29, 0.717) is 17.5 Å². The van der Waals surface area contributed by atoms with Crippen LogP contribution in [-0.2, 0) is 9.59 Å². The van der Waals surface area contributed by atoms with Crippen LogP contribution in [0.3, 0.4) is 0 Å². The SMILES string of the molecule is Cc1ccc2c(c1)oc(=O)n2C1CCC(=O)NC1=O. The smallest absolute Gasteiger partial charge is 0.408 e. The molecule has 0 bridgehead atoms. The topological polar surface area (TPSA) is 81.3 Å². The molecule has 1 aliphatic heterocycles. The van der Waals surface area contributed by atoms with Crippen molar-refractivity contribution >= 4 is 22.9 Å². The number of nitrogens with one attached hydrogen (secondary N) is 1. The molecule has 98 valence electrons. The Kier molecular flexibility index (Phi) is 2.51. The van der Waals surface area contributed by atoms with Crippen molar-refractivity contribution in [3.63, 3.8) is 0 Å². The molecule has 1 unspecified atom stereocenters. The Morgan fingerprint density at radius 1 is 1.32 bits per heavy atom. The maximum atomic E-state index is 11.9. The Balaban J connectivity index is 2.15. The second kappa shape index (κ2) is 4.08. The highest BCUT2D eigenvalue weighted by molar-refractivity contribution is 6.00. The molecule has 6 heteroatoms. The summed E-state index contributed by atoms with van der Waals surface area (Å²) in [5.41, 5.74) is 2.00. The van der Waals surface area contributed by atoms with Crippen LogP contribution in [0.15, 0.2) is 27.4 Å². The monoisotopic (exact) mass is 260 g/mol. The number of carbonyl (C=O) groups is 2. The van der Waals surface area contributed by atoms with Crippen LogP contribution in [0.4, 0.5) is 0 Å². The van der Waals surface area contributed by atoms with Gasteiger partial charge in [0.2, 0.25) is 11.8 Å². The molecule has 1 fully saturated rings. The minimum absolute atomic E-state index is 0.224. The summed E-state index contributed by atoms with van der Waals surface area (Å²) in [6.07, 6.45) is 0.536. The highest BCUT2D eigenvalue weighted by Gasteiger charge is 2.31. The first-order valence-corrected chi connectivity index (χ1v) is 6.01. The van der Waals surface area contributed by atoms with Gasteiger partial charge in [-0.15, -0.1) is 0 Å². The van der Waals surface area contributed by atoms with E-state index in [-0.39, 0.29) is 12.3 Å². The van der Waals surface area contributed by atoms with Gasteiger partial charge in [-0.2, -0.15) is 0 Å². The zero-order valence-electron chi connectivity index (χ0n) is 10.3. The number of rotatable bonds is 1. The molecule has 2 heterocycles. The number of amides is 2. The Labute approximate surface area is 108 Å². The average Bonchev–Trinajstić information content (AvgIpc) is 2.65. The summed E-state index contributed by atoms with van der Waals surface area (Å²) in [7, 11) is 0. The average molecular weight is 260 g/mol. The van der Waals surface area contributed by atoms with Crippen molar-refractivity contribution in [2.75, 3.05) is 0 Å². The van der Waals surface area contributed by atoms with Crippen LogP contribution in [0.2, 0.25) is 0 Å². The van der Waals surface area contributed by atoms with Crippen molar-refractivity contribution in [3.8, 4) is 0 Å². The van der Waals surface area contributed by atoms with Crippen molar-refractivity contribution in [1.82, 2.24) is 9.88 Å². The summed E-state index contributed by atoms with van der Waals surface area (Å²) in [6.45, 7) is 1.89. The van der Waals surface area contributed by atoms with Crippen molar-refractivity contribution < 1.29 is 14.0 Å². The highest BCUT2D eigenvalue weighted by Crippen LogP contribution is 2.23. The van der Waals surface area contributed by atoms with E-state index in [0.717, 1.165) is 5.56 Å².